The minimum absolute atomic E-state index is 0.181. The molecule has 1 aromatic carbocycles. The van der Waals surface area contributed by atoms with Crippen LogP contribution in [0.4, 0.5) is 0 Å². The van der Waals surface area contributed by atoms with Crippen LogP contribution >= 0.6 is 0 Å². The van der Waals surface area contributed by atoms with Gasteiger partial charge in [0.05, 0.1) is 5.97 Å². The van der Waals surface area contributed by atoms with Crippen molar-refractivity contribution < 1.29 is 14.6 Å². The summed E-state index contributed by atoms with van der Waals surface area (Å²) < 4.78 is 5.68. The maximum Gasteiger partial charge on any atom is 0.126 e. The van der Waals surface area contributed by atoms with Crippen molar-refractivity contribution in [2.45, 2.75) is 46.0 Å². The van der Waals surface area contributed by atoms with E-state index in [-0.39, 0.29) is 5.57 Å². The highest BCUT2D eigenvalue weighted by atomic mass is 16.5. The molecule has 0 aromatic heterocycles. The Bertz CT molecular complexity index is 421. The third kappa shape index (κ3) is 5.60. The lowest BCUT2D eigenvalue weighted by atomic mass is 10.1. The van der Waals surface area contributed by atoms with Crippen LogP contribution in [0.5, 0.6) is 5.75 Å². The third-order valence-electron chi connectivity index (χ3n) is 2.97. The van der Waals surface area contributed by atoms with E-state index in [2.05, 4.69) is 6.92 Å². The van der Waals surface area contributed by atoms with Gasteiger partial charge in [-0.3, -0.25) is 0 Å². The molecule has 1 aromatic rings. The maximum absolute atomic E-state index is 11.0. The van der Waals surface area contributed by atoms with E-state index in [0.717, 1.165) is 25.7 Å². The van der Waals surface area contributed by atoms with E-state index in [1.165, 1.54) is 6.92 Å². The van der Waals surface area contributed by atoms with Gasteiger partial charge >= 0.3 is 0 Å². The molecule has 0 saturated heterocycles. The summed E-state index contributed by atoms with van der Waals surface area (Å²) in [5.41, 5.74) is 0.181. The number of para-hydroxylation sites is 1. The average Bonchev–Trinajstić information content (AvgIpc) is 2.42. The Balaban J connectivity index is 2.71. The molecule has 0 bridgehead atoms. The fourth-order valence-corrected chi connectivity index (χ4v) is 1.77. The highest BCUT2D eigenvalue weighted by Gasteiger charge is 2.07. The van der Waals surface area contributed by atoms with Gasteiger partial charge in [-0.05, 0) is 25.5 Å². The molecule has 0 aliphatic heterocycles. The lowest BCUT2D eigenvalue weighted by Gasteiger charge is -2.14. The zero-order chi connectivity index (χ0) is 14.1. The van der Waals surface area contributed by atoms with Crippen molar-refractivity contribution in [3.8, 4) is 5.75 Å². The molecule has 0 atom stereocenters. The first-order valence-corrected chi connectivity index (χ1v) is 6.79. The highest BCUT2D eigenvalue weighted by molar-refractivity contribution is 5.84. The largest absolute Gasteiger partial charge is 0.545 e. The Morgan fingerprint density at radius 3 is 2.42 bits per heavy atom. The Morgan fingerprint density at radius 2 is 1.84 bits per heavy atom. The monoisotopic (exact) mass is 261 g/mol. The van der Waals surface area contributed by atoms with Gasteiger partial charge in [-0.15, -0.1) is 0 Å². The van der Waals surface area contributed by atoms with E-state index in [1.807, 2.05) is 30.3 Å². The first-order valence-electron chi connectivity index (χ1n) is 6.79. The molecule has 3 nitrogen and oxygen atoms in total. The fraction of sp³-hybridized carbons (Fsp3) is 0.438. The second-order valence-electron chi connectivity index (χ2n) is 4.56. The van der Waals surface area contributed by atoms with Crippen molar-refractivity contribution in [2.75, 3.05) is 0 Å². The number of unbranched alkanes of at least 4 members (excludes halogenated alkanes) is 3. The van der Waals surface area contributed by atoms with Crippen LogP contribution in [0.2, 0.25) is 0 Å². The van der Waals surface area contributed by atoms with Gasteiger partial charge in [0.25, 0.3) is 0 Å². The number of carboxylic acids is 1. The molecule has 19 heavy (non-hydrogen) atoms. The molecule has 0 fully saturated rings. The van der Waals surface area contributed by atoms with E-state index in [0.29, 0.717) is 17.9 Å². The Kier molecular flexibility index (Phi) is 6.72. The number of rotatable bonds is 8. The molecule has 0 amide bonds. The Labute approximate surface area is 114 Å². The maximum atomic E-state index is 11.0. The number of carbonyl (C=O) groups is 1. The number of carboxylic acid groups (broad SMARTS) is 1. The van der Waals surface area contributed by atoms with Crippen LogP contribution in [0.1, 0.15) is 46.0 Å². The average molecular weight is 261 g/mol. The Morgan fingerprint density at radius 1 is 1.16 bits per heavy atom. The molecule has 0 heterocycles. The van der Waals surface area contributed by atoms with Crippen molar-refractivity contribution in [3.63, 3.8) is 0 Å². The first kappa shape index (κ1) is 15.3. The van der Waals surface area contributed by atoms with Crippen molar-refractivity contribution in [1.82, 2.24) is 0 Å². The molecule has 0 N–H and O–H groups in total. The predicted octanol–water partition coefficient (Wildman–Crippen LogP) is 3.06. The Hall–Kier alpha value is -1.77. The number of hydrogen-bond acceptors (Lipinski definition) is 3. The molecule has 1 rings (SSSR count). The van der Waals surface area contributed by atoms with E-state index >= 15 is 0 Å². The number of ether oxygens (including phenoxy) is 1. The number of aliphatic carboxylic acids is 1. The summed E-state index contributed by atoms with van der Waals surface area (Å²) in [6.45, 7) is 3.68. The number of hydrogen-bond donors (Lipinski definition) is 0. The molecule has 0 radical (unpaired) electrons. The van der Waals surface area contributed by atoms with Gasteiger partial charge < -0.3 is 14.6 Å². The minimum Gasteiger partial charge on any atom is -0.545 e. The summed E-state index contributed by atoms with van der Waals surface area (Å²) in [6.07, 6.45) is 4.95. The summed E-state index contributed by atoms with van der Waals surface area (Å²) in [5.74, 6) is -0.00248. The van der Waals surface area contributed by atoms with Crippen molar-refractivity contribution in [2.24, 2.45) is 0 Å². The zero-order valence-corrected chi connectivity index (χ0v) is 11.6. The molecule has 3 heteroatoms. The van der Waals surface area contributed by atoms with Crippen LogP contribution in [0, 0.1) is 0 Å². The van der Waals surface area contributed by atoms with E-state index in [1.54, 1.807) is 0 Å². The van der Waals surface area contributed by atoms with Crippen LogP contribution in [-0.2, 0) is 4.79 Å². The van der Waals surface area contributed by atoms with Gasteiger partial charge in [-0.25, -0.2) is 0 Å². The second kappa shape index (κ2) is 8.35. The lowest BCUT2D eigenvalue weighted by Crippen LogP contribution is -2.25. The minimum atomic E-state index is -1.17. The molecular weight excluding hydrogens is 240 g/mol. The van der Waals surface area contributed by atoms with Crippen LogP contribution in [-0.4, -0.2) is 5.97 Å². The van der Waals surface area contributed by atoms with Crippen LogP contribution in [0.3, 0.4) is 0 Å². The topological polar surface area (TPSA) is 49.4 Å². The SMILES string of the molecule is CCCCCC/C(Oc1ccccc1)=C(\C)C(=O)[O-]. The van der Waals surface area contributed by atoms with Crippen molar-refractivity contribution in [3.05, 3.63) is 41.7 Å². The second-order valence-corrected chi connectivity index (χ2v) is 4.56. The van der Waals surface area contributed by atoms with Gasteiger partial charge in [0.15, 0.2) is 0 Å². The summed E-state index contributed by atoms with van der Waals surface area (Å²) in [5, 5.41) is 11.0. The highest BCUT2D eigenvalue weighted by Crippen LogP contribution is 2.20. The third-order valence-corrected chi connectivity index (χ3v) is 2.97. The van der Waals surface area contributed by atoms with E-state index in [9.17, 15) is 9.90 Å². The van der Waals surface area contributed by atoms with Crippen LogP contribution < -0.4 is 9.84 Å². The molecule has 0 aliphatic rings. The molecule has 0 spiro atoms. The van der Waals surface area contributed by atoms with Crippen LogP contribution in [0.25, 0.3) is 0 Å². The summed E-state index contributed by atoms with van der Waals surface area (Å²) >= 11 is 0. The van der Waals surface area contributed by atoms with E-state index < -0.39 is 5.97 Å². The van der Waals surface area contributed by atoms with Gasteiger partial charge in [0.1, 0.15) is 11.5 Å². The van der Waals surface area contributed by atoms with Gasteiger partial charge in [0, 0.05) is 12.0 Å². The normalized spacial score (nSPS) is 11.9. The van der Waals surface area contributed by atoms with Gasteiger partial charge in [-0.2, -0.15) is 0 Å². The predicted molar refractivity (Wildman–Crippen MR) is 73.5 cm³/mol. The number of carbonyl (C=O) groups excluding carboxylic acids is 1. The molecule has 0 saturated carbocycles. The fourth-order valence-electron chi connectivity index (χ4n) is 1.77. The van der Waals surface area contributed by atoms with Crippen LogP contribution in [0.15, 0.2) is 41.7 Å². The molecular formula is C16H21O3-. The quantitative estimate of drug-likeness (QED) is 0.410. The summed E-state index contributed by atoms with van der Waals surface area (Å²) in [4.78, 5) is 11.0. The standard InChI is InChI=1S/C16H22O3/c1-3-4-5-9-12-15(13(2)16(17)18)19-14-10-7-6-8-11-14/h6-8,10-11H,3-5,9,12H2,1-2H3,(H,17,18)/p-1/b15-13-. The molecule has 104 valence electrons. The summed E-state index contributed by atoms with van der Waals surface area (Å²) in [6, 6.07) is 9.24. The number of allylic oxidation sites excluding steroid dienone is 1. The van der Waals surface area contributed by atoms with Gasteiger partial charge in [0.2, 0.25) is 0 Å². The zero-order valence-electron chi connectivity index (χ0n) is 11.6. The smallest absolute Gasteiger partial charge is 0.126 e. The molecule has 0 unspecified atom stereocenters. The molecule has 0 aliphatic carbocycles. The number of benzene rings is 1. The lowest BCUT2D eigenvalue weighted by molar-refractivity contribution is -0.299. The van der Waals surface area contributed by atoms with Crippen molar-refractivity contribution >= 4 is 5.97 Å². The first-order chi connectivity index (χ1) is 9.15. The van der Waals surface area contributed by atoms with E-state index in [4.69, 9.17) is 4.74 Å². The summed E-state index contributed by atoms with van der Waals surface area (Å²) in [7, 11) is 0. The van der Waals surface area contributed by atoms with Gasteiger partial charge in [-0.1, -0.05) is 44.4 Å². The van der Waals surface area contributed by atoms with Crippen molar-refractivity contribution in [1.29, 1.82) is 0 Å².